The predicted molar refractivity (Wildman–Crippen MR) is 117 cm³/mol. The molecule has 166 valence electrons. The molecule has 3 aliphatic rings. The fraction of sp³-hybridized carbons (Fsp3) is 0.909. The average molecular weight is 408 g/mol. The van der Waals surface area contributed by atoms with Crippen molar-refractivity contribution in [2.45, 2.75) is 70.6 Å². The van der Waals surface area contributed by atoms with Gasteiger partial charge in [0.2, 0.25) is 5.91 Å². The lowest BCUT2D eigenvalue weighted by atomic mass is 9.95. The highest BCUT2D eigenvalue weighted by molar-refractivity contribution is 5.85. The molecule has 1 heterocycles. The maximum atomic E-state index is 12.0. The highest BCUT2D eigenvalue weighted by Gasteiger charge is 2.40. The Morgan fingerprint density at radius 3 is 2.48 bits per heavy atom. The van der Waals surface area contributed by atoms with Gasteiger partial charge in [0.25, 0.3) is 0 Å². The number of rotatable bonds is 8. The summed E-state index contributed by atoms with van der Waals surface area (Å²) in [5.41, 5.74) is 0. The van der Waals surface area contributed by atoms with Gasteiger partial charge in [0.05, 0.1) is 12.7 Å². The third kappa shape index (κ3) is 6.85. The van der Waals surface area contributed by atoms with Crippen molar-refractivity contribution >= 4 is 11.9 Å². The second-order valence-corrected chi connectivity index (χ2v) is 9.56. The predicted octanol–water partition coefficient (Wildman–Crippen LogP) is 1.69. The number of fused-ring (bicyclic) bond motifs is 2. The maximum Gasteiger partial charge on any atom is 0.243 e. The number of carbonyl (C=O) groups excluding carboxylic acids is 1. The Hall–Kier alpha value is -1.34. The zero-order chi connectivity index (χ0) is 20.8. The first-order valence-electron chi connectivity index (χ1n) is 11.5. The van der Waals surface area contributed by atoms with Gasteiger partial charge in [-0.2, -0.15) is 0 Å². The Kier molecular flexibility index (Phi) is 8.18. The summed E-state index contributed by atoms with van der Waals surface area (Å²) in [4.78, 5) is 20.8. The van der Waals surface area contributed by atoms with E-state index < -0.39 is 0 Å². The van der Waals surface area contributed by atoms with Gasteiger partial charge in [-0.1, -0.05) is 6.42 Å². The molecule has 2 aliphatic carbocycles. The minimum atomic E-state index is 0.0408. The number of hydrogen-bond donors (Lipinski definition) is 2. The zero-order valence-corrected chi connectivity index (χ0v) is 18.8. The molecule has 3 atom stereocenters. The minimum absolute atomic E-state index is 0.0408. The van der Waals surface area contributed by atoms with Crippen LogP contribution in [0, 0.1) is 11.8 Å². The summed E-state index contributed by atoms with van der Waals surface area (Å²) in [7, 11) is 3.57. The average Bonchev–Trinajstić information content (AvgIpc) is 3.30. The lowest BCUT2D eigenvalue weighted by Crippen LogP contribution is -2.52. The molecule has 2 saturated carbocycles. The van der Waals surface area contributed by atoms with Crippen molar-refractivity contribution in [2.75, 3.05) is 46.9 Å². The molecule has 2 N–H and O–H groups in total. The standard InChI is InChI=1S/C22H41N5O2/c1-16(2)29-12-11-27-9-7-19(8-10-27)24-22(23-15-21(28)26(3)4)25-20-14-17-5-6-18(20)13-17/h16-20H,5-15H2,1-4H3,(H2,23,24,25). The van der Waals surface area contributed by atoms with E-state index in [1.54, 1.807) is 19.0 Å². The first-order chi connectivity index (χ1) is 13.9. The van der Waals surface area contributed by atoms with Crippen LogP contribution >= 0.6 is 0 Å². The molecule has 1 amide bonds. The first-order valence-corrected chi connectivity index (χ1v) is 11.5. The third-order valence-electron chi connectivity index (χ3n) is 6.72. The molecule has 3 unspecified atom stereocenters. The van der Waals surface area contributed by atoms with Crippen molar-refractivity contribution < 1.29 is 9.53 Å². The lowest BCUT2D eigenvalue weighted by molar-refractivity contribution is -0.127. The van der Waals surface area contributed by atoms with Crippen LogP contribution in [0.25, 0.3) is 0 Å². The smallest absolute Gasteiger partial charge is 0.243 e. The molecule has 7 nitrogen and oxygen atoms in total. The molecule has 2 bridgehead atoms. The molecule has 3 fully saturated rings. The minimum Gasteiger partial charge on any atom is -0.377 e. The summed E-state index contributed by atoms with van der Waals surface area (Å²) in [6, 6.07) is 0.930. The second-order valence-electron chi connectivity index (χ2n) is 9.56. The molecule has 0 spiro atoms. The van der Waals surface area contributed by atoms with Gasteiger partial charge in [-0.3, -0.25) is 4.79 Å². The molecular formula is C22H41N5O2. The summed E-state index contributed by atoms with van der Waals surface area (Å²) < 4.78 is 5.69. The third-order valence-corrected chi connectivity index (χ3v) is 6.72. The molecule has 29 heavy (non-hydrogen) atoms. The van der Waals surface area contributed by atoms with Crippen LogP contribution in [0.1, 0.15) is 52.4 Å². The van der Waals surface area contributed by atoms with E-state index >= 15 is 0 Å². The largest absolute Gasteiger partial charge is 0.377 e. The van der Waals surface area contributed by atoms with E-state index in [-0.39, 0.29) is 12.5 Å². The van der Waals surface area contributed by atoms with Gasteiger partial charge >= 0.3 is 0 Å². The van der Waals surface area contributed by atoms with Crippen molar-refractivity contribution in [3.8, 4) is 0 Å². The van der Waals surface area contributed by atoms with Gasteiger partial charge in [-0.25, -0.2) is 4.99 Å². The quantitative estimate of drug-likeness (QED) is 0.473. The molecule has 1 aliphatic heterocycles. The number of piperidine rings is 1. The van der Waals surface area contributed by atoms with Crippen LogP contribution in [-0.2, 0) is 9.53 Å². The Bertz CT molecular complexity index is 557. The molecule has 0 aromatic carbocycles. The molecular weight excluding hydrogens is 366 g/mol. The van der Waals surface area contributed by atoms with Crippen molar-refractivity contribution in [1.82, 2.24) is 20.4 Å². The van der Waals surface area contributed by atoms with Gasteiger partial charge in [-0.15, -0.1) is 0 Å². The van der Waals surface area contributed by atoms with Crippen molar-refractivity contribution in [3.05, 3.63) is 0 Å². The molecule has 0 aromatic rings. The topological polar surface area (TPSA) is 69.2 Å². The Balaban J connectivity index is 1.49. The molecule has 7 heteroatoms. The second kappa shape index (κ2) is 10.6. The summed E-state index contributed by atoms with van der Waals surface area (Å²) in [6.07, 6.45) is 7.83. The van der Waals surface area contributed by atoms with Crippen LogP contribution in [0.5, 0.6) is 0 Å². The Morgan fingerprint density at radius 1 is 1.14 bits per heavy atom. The Labute approximate surface area is 176 Å². The van der Waals surface area contributed by atoms with E-state index in [9.17, 15) is 4.79 Å². The zero-order valence-electron chi connectivity index (χ0n) is 18.8. The number of carbonyl (C=O) groups is 1. The maximum absolute atomic E-state index is 12.0. The van der Waals surface area contributed by atoms with Crippen molar-refractivity contribution in [3.63, 3.8) is 0 Å². The van der Waals surface area contributed by atoms with Crippen LogP contribution in [-0.4, -0.2) is 86.7 Å². The van der Waals surface area contributed by atoms with Gasteiger partial charge in [0, 0.05) is 45.8 Å². The van der Waals surface area contributed by atoms with E-state index in [0.29, 0.717) is 18.2 Å². The normalized spacial score (nSPS) is 28.2. The van der Waals surface area contributed by atoms with E-state index in [4.69, 9.17) is 4.74 Å². The van der Waals surface area contributed by atoms with Crippen molar-refractivity contribution in [1.29, 1.82) is 0 Å². The Morgan fingerprint density at radius 2 is 1.90 bits per heavy atom. The number of nitrogens with zero attached hydrogens (tertiary/aromatic N) is 3. The molecule has 0 radical (unpaired) electrons. The number of likely N-dealkylation sites (tertiary alicyclic amines) is 1. The fourth-order valence-corrected chi connectivity index (χ4v) is 4.93. The van der Waals surface area contributed by atoms with E-state index in [2.05, 4.69) is 34.4 Å². The van der Waals surface area contributed by atoms with E-state index in [1.807, 2.05) is 0 Å². The summed E-state index contributed by atoms with van der Waals surface area (Å²) in [5, 5.41) is 7.32. The van der Waals surface area contributed by atoms with Gasteiger partial charge in [-0.05, 0) is 57.8 Å². The molecule has 1 saturated heterocycles. The number of guanidine groups is 1. The van der Waals surface area contributed by atoms with E-state index in [1.165, 1.54) is 25.7 Å². The lowest BCUT2D eigenvalue weighted by Gasteiger charge is -2.34. The van der Waals surface area contributed by atoms with Crippen LogP contribution < -0.4 is 10.6 Å². The highest BCUT2D eigenvalue weighted by atomic mass is 16.5. The number of aliphatic imine (C=N–C) groups is 1. The molecule has 3 rings (SSSR count). The SMILES string of the molecule is CC(C)OCCN1CCC(NC(=NCC(=O)N(C)C)NC2CC3CCC2C3)CC1. The number of ether oxygens (including phenoxy) is 1. The van der Waals surface area contributed by atoms with Gasteiger partial charge in [0.15, 0.2) is 5.96 Å². The van der Waals surface area contributed by atoms with Crippen LogP contribution in [0.15, 0.2) is 4.99 Å². The summed E-state index contributed by atoms with van der Waals surface area (Å²) in [6.45, 7) is 8.35. The van der Waals surface area contributed by atoms with Crippen LogP contribution in [0.2, 0.25) is 0 Å². The first kappa shape index (κ1) is 22.3. The number of likely N-dealkylation sites (N-methyl/N-ethyl adjacent to an activating group) is 1. The number of hydrogen-bond acceptors (Lipinski definition) is 4. The molecule has 0 aromatic heterocycles. The number of nitrogens with one attached hydrogen (secondary N) is 2. The monoisotopic (exact) mass is 407 g/mol. The highest BCUT2D eigenvalue weighted by Crippen LogP contribution is 2.44. The van der Waals surface area contributed by atoms with E-state index in [0.717, 1.165) is 56.9 Å². The summed E-state index contributed by atoms with van der Waals surface area (Å²) in [5.74, 6) is 2.54. The van der Waals surface area contributed by atoms with Crippen LogP contribution in [0.4, 0.5) is 0 Å². The van der Waals surface area contributed by atoms with Gasteiger partial charge < -0.3 is 25.2 Å². The van der Waals surface area contributed by atoms with Crippen LogP contribution in [0.3, 0.4) is 0 Å². The van der Waals surface area contributed by atoms with Gasteiger partial charge in [0.1, 0.15) is 6.54 Å². The fourth-order valence-electron chi connectivity index (χ4n) is 4.93. The summed E-state index contributed by atoms with van der Waals surface area (Å²) >= 11 is 0. The van der Waals surface area contributed by atoms with Crippen molar-refractivity contribution in [2.24, 2.45) is 16.8 Å². The number of amides is 1.